The van der Waals surface area contributed by atoms with Crippen LogP contribution in [0.1, 0.15) is 24.0 Å². The number of carbonyl (C=O) groups is 3. The van der Waals surface area contributed by atoms with Gasteiger partial charge < -0.3 is 5.32 Å². The van der Waals surface area contributed by atoms with E-state index in [1.807, 2.05) is 26.0 Å². The summed E-state index contributed by atoms with van der Waals surface area (Å²) in [7, 11) is 0. The SMILES string of the molecule is Cc1cc(NC(=O)CCN2C(=O)[C@@H]3[C@H]4C=C[C@H]([C@H]5C[C@H]45)[C@@H]3C2=O)c(C)cc1Br. The minimum absolute atomic E-state index is 0.0665. The molecule has 5 nitrogen and oxygen atoms in total. The minimum Gasteiger partial charge on any atom is -0.326 e. The van der Waals surface area contributed by atoms with E-state index in [1.165, 1.54) is 4.90 Å². The molecule has 0 aromatic heterocycles. The zero-order valence-corrected chi connectivity index (χ0v) is 17.5. The molecule has 2 bridgehead atoms. The molecule has 1 aliphatic heterocycles. The maximum atomic E-state index is 12.9. The molecule has 28 heavy (non-hydrogen) atoms. The fraction of sp³-hybridized carbons (Fsp3) is 0.500. The predicted molar refractivity (Wildman–Crippen MR) is 108 cm³/mol. The third-order valence-corrected chi connectivity index (χ3v) is 7.95. The van der Waals surface area contributed by atoms with E-state index in [0.717, 1.165) is 27.7 Å². The van der Waals surface area contributed by atoms with Crippen molar-refractivity contribution < 1.29 is 14.4 Å². The van der Waals surface area contributed by atoms with Crippen molar-refractivity contribution in [2.75, 3.05) is 11.9 Å². The van der Waals surface area contributed by atoms with Gasteiger partial charge in [-0.2, -0.15) is 0 Å². The molecule has 2 saturated carbocycles. The summed E-state index contributed by atoms with van der Waals surface area (Å²) >= 11 is 3.49. The number of hydrogen-bond donors (Lipinski definition) is 1. The Labute approximate surface area is 172 Å². The first-order chi connectivity index (χ1) is 13.4. The highest BCUT2D eigenvalue weighted by Gasteiger charge is 2.66. The van der Waals surface area contributed by atoms with Crippen LogP contribution in [0.2, 0.25) is 0 Å². The Morgan fingerprint density at radius 3 is 2.29 bits per heavy atom. The Bertz CT molecular complexity index is 904. The van der Waals surface area contributed by atoms with Crippen molar-refractivity contribution in [2.45, 2.75) is 26.7 Å². The largest absolute Gasteiger partial charge is 0.326 e. The third kappa shape index (κ3) is 2.60. The summed E-state index contributed by atoms with van der Waals surface area (Å²) in [4.78, 5) is 39.7. The highest BCUT2D eigenvalue weighted by Crippen LogP contribution is 2.65. The lowest BCUT2D eigenvalue weighted by Gasteiger charge is -2.37. The molecule has 6 rings (SSSR count). The fourth-order valence-electron chi connectivity index (χ4n) is 5.58. The molecule has 6 heteroatoms. The fourth-order valence-corrected chi connectivity index (χ4v) is 6.04. The van der Waals surface area contributed by atoms with Crippen LogP contribution in [0, 0.1) is 49.4 Å². The van der Waals surface area contributed by atoms with E-state index in [-0.39, 0.29) is 54.4 Å². The summed E-state index contributed by atoms with van der Waals surface area (Å²) < 4.78 is 1.00. The highest BCUT2D eigenvalue weighted by atomic mass is 79.9. The van der Waals surface area contributed by atoms with Gasteiger partial charge in [0.2, 0.25) is 17.7 Å². The number of benzene rings is 1. The number of anilines is 1. The summed E-state index contributed by atoms with van der Waals surface area (Å²) in [5.74, 6) is 0.957. The number of rotatable bonds is 4. The van der Waals surface area contributed by atoms with E-state index >= 15 is 0 Å². The van der Waals surface area contributed by atoms with E-state index in [2.05, 4.69) is 33.4 Å². The topological polar surface area (TPSA) is 66.5 Å². The second kappa shape index (κ2) is 6.28. The molecule has 4 aliphatic carbocycles. The number of allylic oxidation sites excluding steroid dienone is 2. The smallest absolute Gasteiger partial charge is 0.233 e. The van der Waals surface area contributed by atoms with Crippen LogP contribution in [-0.4, -0.2) is 29.2 Å². The van der Waals surface area contributed by atoms with Crippen molar-refractivity contribution in [2.24, 2.45) is 35.5 Å². The summed E-state index contributed by atoms with van der Waals surface area (Å²) in [6, 6.07) is 3.89. The van der Waals surface area contributed by atoms with Gasteiger partial charge in [-0.05, 0) is 67.2 Å². The number of carbonyl (C=O) groups excluding carboxylic acids is 3. The van der Waals surface area contributed by atoms with Gasteiger partial charge in [-0.1, -0.05) is 28.1 Å². The highest BCUT2D eigenvalue weighted by molar-refractivity contribution is 9.10. The quantitative estimate of drug-likeness (QED) is 0.573. The van der Waals surface area contributed by atoms with Crippen LogP contribution in [-0.2, 0) is 14.4 Å². The molecule has 1 aromatic rings. The van der Waals surface area contributed by atoms with Crippen molar-refractivity contribution in [3.05, 3.63) is 39.9 Å². The van der Waals surface area contributed by atoms with Gasteiger partial charge in [0, 0.05) is 23.1 Å². The van der Waals surface area contributed by atoms with Gasteiger partial charge in [-0.15, -0.1) is 0 Å². The standard InChI is InChI=1S/C22H23BrN2O3/c1-10-8-17(11(2)7-16(10)23)24-18(26)5-6-25-21(27)19-12-3-4-13(15-9-14(12)15)20(19)22(25)28/h3-4,7-8,12-15,19-20H,5-6,9H2,1-2H3,(H,24,26)/t12-,13+,14-,15-,19+,20-/m1/s1. The maximum Gasteiger partial charge on any atom is 0.233 e. The Morgan fingerprint density at radius 2 is 1.68 bits per heavy atom. The predicted octanol–water partition coefficient (Wildman–Crippen LogP) is 3.45. The van der Waals surface area contributed by atoms with Crippen molar-refractivity contribution in [1.82, 2.24) is 4.90 Å². The van der Waals surface area contributed by atoms with Gasteiger partial charge in [-0.3, -0.25) is 19.3 Å². The van der Waals surface area contributed by atoms with Gasteiger partial charge in [0.25, 0.3) is 0 Å². The van der Waals surface area contributed by atoms with Crippen LogP contribution < -0.4 is 5.32 Å². The summed E-state index contributed by atoms with van der Waals surface area (Å²) in [5, 5.41) is 2.92. The van der Waals surface area contributed by atoms with Gasteiger partial charge in [0.1, 0.15) is 0 Å². The van der Waals surface area contributed by atoms with E-state index < -0.39 is 0 Å². The minimum atomic E-state index is -0.189. The average Bonchev–Trinajstić information content (AvgIpc) is 3.43. The first-order valence-corrected chi connectivity index (χ1v) is 10.8. The van der Waals surface area contributed by atoms with Gasteiger partial charge in [0.05, 0.1) is 11.8 Å². The molecule has 0 unspecified atom stereocenters. The Morgan fingerprint density at radius 1 is 1.07 bits per heavy atom. The molecule has 1 N–H and O–H groups in total. The maximum absolute atomic E-state index is 12.9. The Balaban J connectivity index is 1.25. The number of nitrogens with one attached hydrogen (secondary N) is 1. The number of amides is 3. The number of nitrogens with zero attached hydrogens (tertiary/aromatic N) is 1. The molecular formula is C22H23BrN2O3. The lowest BCUT2D eigenvalue weighted by Crippen LogP contribution is -2.40. The van der Waals surface area contributed by atoms with E-state index in [1.54, 1.807) is 0 Å². The second-order valence-electron chi connectivity index (χ2n) is 8.70. The molecule has 1 aromatic carbocycles. The number of likely N-dealkylation sites (tertiary alicyclic amines) is 1. The van der Waals surface area contributed by atoms with Crippen LogP contribution in [0.15, 0.2) is 28.8 Å². The van der Waals surface area contributed by atoms with Gasteiger partial charge >= 0.3 is 0 Å². The van der Waals surface area contributed by atoms with Crippen molar-refractivity contribution in [3.63, 3.8) is 0 Å². The first-order valence-electron chi connectivity index (χ1n) is 9.97. The summed E-state index contributed by atoms with van der Waals surface area (Å²) in [6.45, 7) is 4.07. The van der Waals surface area contributed by atoms with Crippen LogP contribution in [0.4, 0.5) is 5.69 Å². The monoisotopic (exact) mass is 442 g/mol. The lowest BCUT2D eigenvalue weighted by molar-refractivity contribution is -0.140. The zero-order valence-electron chi connectivity index (χ0n) is 15.9. The molecule has 146 valence electrons. The van der Waals surface area contributed by atoms with Crippen LogP contribution in [0.3, 0.4) is 0 Å². The number of hydrogen-bond acceptors (Lipinski definition) is 3. The normalized spacial score (nSPS) is 34.5. The third-order valence-electron chi connectivity index (χ3n) is 7.10. The molecule has 3 amide bonds. The second-order valence-corrected chi connectivity index (χ2v) is 9.55. The lowest BCUT2D eigenvalue weighted by atomic mass is 9.63. The van der Waals surface area contributed by atoms with E-state index in [4.69, 9.17) is 0 Å². The molecule has 3 fully saturated rings. The van der Waals surface area contributed by atoms with Crippen molar-refractivity contribution >= 4 is 39.3 Å². The van der Waals surface area contributed by atoms with Gasteiger partial charge in [-0.25, -0.2) is 0 Å². The van der Waals surface area contributed by atoms with Crippen LogP contribution in [0.25, 0.3) is 0 Å². The molecule has 1 saturated heterocycles. The number of aryl methyl sites for hydroxylation is 2. The van der Waals surface area contributed by atoms with Gasteiger partial charge in [0.15, 0.2) is 0 Å². The number of halogens is 1. The van der Waals surface area contributed by atoms with E-state index in [0.29, 0.717) is 11.8 Å². The van der Waals surface area contributed by atoms with Crippen LogP contribution >= 0.6 is 15.9 Å². The molecule has 0 radical (unpaired) electrons. The molecule has 0 spiro atoms. The molecule has 5 aliphatic rings. The van der Waals surface area contributed by atoms with Crippen molar-refractivity contribution in [1.29, 1.82) is 0 Å². The molecule has 1 heterocycles. The summed E-state index contributed by atoms with van der Waals surface area (Å²) in [6.07, 6.45) is 5.62. The van der Waals surface area contributed by atoms with Crippen molar-refractivity contribution in [3.8, 4) is 0 Å². The Hall–Kier alpha value is -1.95. The average molecular weight is 443 g/mol. The first kappa shape index (κ1) is 18.1. The summed E-state index contributed by atoms with van der Waals surface area (Å²) in [5.41, 5.74) is 2.77. The Kier molecular flexibility index (Phi) is 4.06. The van der Waals surface area contributed by atoms with E-state index in [9.17, 15) is 14.4 Å². The van der Waals surface area contributed by atoms with Crippen LogP contribution in [0.5, 0.6) is 0 Å². The molecule has 6 atom stereocenters. The number of imide groups is 1. The zero-order chi connectivity index (χ0) is 19.7. The molecular weight excluding hydrogens is 420 g/mol.